The number of esters is 1. The molecule has 5 nitrogen and oxygen atoms in total. The van der Waals surface area contributed by atoms with Crippen LogP contribution in [0.2, 0.25) is 0 Å². The molecule has 1 aromatic rings. The molecule has 0 unspecified atom stereocenters. The van der Waals surface area contributed by atoms with Gasteiger partial charge in [0.15, 0.2) is 0 Å². The van der Waals surface area contributed by atoms with E-state index in [0.29, 0.717) is 36.3 Å². The lowest BCUT2D eigenvalue weighted by Gasteiger charge is -2.09. The van der Waals surface area contributed by atoms with Crippen molar-refractivity contribution in [1.29, 1.82) is 0 Å². The molecule has 0 amide bonds. The predicted molar refractivity (Wildman–Crippen MR) is 62.8 cm³/mol. The van der Waals surface area contributed by atoms with Crippen molar-refractivity contribution in [3.8, 4) is 5.88 Å². The van der Waals surface area contributed by atoms with Gasteiger partial charge in [0.05, 0.1) is 25.1 Å². The molecular weight excluding hydrogens is 220 g/mol. The van der Waals surface area contributed by atoms with E-state index in [4.69, 9.17) is 15.2 Å². The lowest BCUT2D eigenvalue weighted by atomic mass is 10.2. The van der Waals surface area contributed by atoms with E-state index in [9.17, 15) is 4.79 Å². The molecule has 0 bridgehead atoms. The molecule has 0 saturated heterocycles. The van der Waals surface area contributed by atoms with E-state index >= 15 is 0 Å². The van der Waals surface area contributed by atoms with Crippen LogP contribution in [-0.4, -0.2) is 24.2 Å². The van der Waals surface area contributed by atoms with Crippen LogP contribution in [0.15, 0.2) is 12.3 Å². The van der Waals surface area contributed by atoms with Crippen molar-refractivity contribution >= 4 is 11.7 Å². The van der Waals surface area contributed by atoms with Crippen LogP contribution < -0.4 is 10.5 Å². The molecular formula is C12H16N2O3. The summed E-state index contributed by atoms with van der Waals surface area (Å²) in [5.41, 5.74) is 6.33. The summed E-state index contributed by atoms with van der Waals surface area (Å²) < 4.78 is 10.4. The zero-order valence-corrected chi connectivity index (χ0v) is 9.81. The standard InChI is InChI=1S/C12H16N2O3/c1-2-16-12(15)10-5-9(13)6-14-11(10)17-7-8-3-4-8/h5-6,8H,2-4,7,13H2,1H3. The Balaban J connectivity index is 2.13. The Morgan fingerprint density at radius 2 is 2.35 bits per heavy atom. The van der Waals surface area contributed by atoms with E-state index in [-0.39, 0.29) is 0 Å². The number of rotatable bonds is 5. The first-order chi connectivity index (χ1) is 8.20. The number of nitrogens with two attached hydrogens (primary N) is 1. The van der Waals surface area contributed by atoms with Crippen LogP contribution >= 0.6 is 0 Å². The predicted octanol–water partition coefficient (Wildman–Crippen LogP) is 1.63. The average Bonchev–Trinajstić information content (AvgIpc) is 3.11. The summed E-state index contributed by atoms with van der Waals surface area (Å²) in [5.74, 6) is 0.465. The van der Waals surface area contributed by atoms with Crippen LogP contribution in [0, 0.1) is 5.92 Å². The number of nitrogen functional groups attached to an aromatic ring is 1. The summed E-state index contributed by atoms with van der Waals surface area (Å²) in [5, 5.41) is 0. The van der Waals surface area contributed by atoms with Gasteiger partial charge in [0, 0.05) is 0 Å². The number of pyridine rings is 1. The Hall–Kier alpha value is -1.78. The first-order valence-corrected chi connectivity index (χ1v) is 5.76. The van der Waals surface area contributed by atoms with Gasteiger partial charge in [-0.25, -0.2) is 9.78 Å². The van der Waals surface area contributed by atoms with Crippen molar-refractivity contribution in [1.82, 2.24) is 4.98 Å². The van der Waals surface area contributed by atoms with Crippen LogP contribution in [0.3, 0.4) is 0 Å². The van der Waals surface area contributed by atoms with Gasteiger partial charge in [-0.1, -0.05) is 0 Å². The number of hydrogen-bond donors (Lipinski definition) is 1. The van der Waals surface area contributed by atoms with Crippen LogP contribution in [0.4, 0.5) is 5.69 Å². The monoisotopic (exact) mass is 236 g/mol. The van der Waals surface area contributed by atoms with Gasteiger partial charge in [0.2, 0.25) is 5.88 Å². The fourth-order valence-electron chi connectivity index (χ4n) is 1.42. The smallest absolute Gasteiger partial charge is 0.343 e. The van der Waals surface area contributed by atoms with Gasteiger partial charge >= 0.3 is 5.97 Å². The average molecular weight is 236 g/mol. The highest BCUT2D eigenvalue weighted by Crippen LogP contribution is 2.30. The fraction of sp³-hybridized carbons (Fsp3) is 0.500. The number of anilines is 1. The Bertz CT molecular complexity index is 416. The summed E-state index contributed by atoms with van der Waals surface area (Å²) in [7, 11) is 0. The van der Waals surface area contributed by atoms with E-state index in [1.807, 2.05) is 0 Å². The Labute approximate surface area is 99.9 Å². The Morgan fingerprint density at radius 1 is 1.59 bits per heavy atom. The molecule has 92 valence electrons. The first-order valence-electron chi connectivity index (χ1n) is 5.76. The number of ether oxygens (including phenoxy) is 2. The molecule has 1 fully saturated rings. The number of carbonyl (C=O) groups is 1. The summed E-state index contributed by atoms with van der Waals surface area (Å²) in [4.78, 5) is 15.7. The van der Waals surface area contributed by atoms with Gasteiger partial charge in [-0.05, 0) is 31.7 Å². The molecule has 0 aromatic carbocycles. The van der Waals surface area contributed by atoms with Crippen LogP contribution in [0.25, 0.3) is 0 Å². The minimum atomic E-state index is -0.446. The van der Waals surface area contributed by atoms with Crippen LogP contribution in [0.1, 0.15) is 30.1 Å². The van der Waals surface area contributed by atoms with Gasteiger partial charge < -0.3 is 15.2 Å². The molecule has 1 aliphatic rings. The van der Waals surface area contributed by atoms with E-state index in [1.54, 1.807) is 6.92 Å². The normalized spacial score (nSPS) is 14.4. The third-order valence-electron chi connectivity index (χ3n) is 2.52. The summed E-state index contributed by atoms with van der Waals surface area (Å²) >= 11 is 0. The second-order valence-corrected chi connectivity index (χ2v) is 4.10. The molecule has 2 rings (SSSR count). The Morgan fingerprint density at radius 3 is 3.00 bits per heavy atom. The minimum Gasteiger partial charge on any atom is -0.477 e. The van der Waals surface area contributed by atoms with Crippen molar-refractivity contribution in [3.05, 3.63) is 17.8 Å². The molecule has 1 aromatic heterocycles. The zero-order valence-electron chi connectivity index (χ0n) is 9.81. The van der Waals surface area contributed by atoms with Crippen molar-refractivity contribution in [2.24, 2.45) is 5.92 Å². The highest BCUT2D eigenvalue weighted by atomic mass is 16.5. The van der Waals surface area contributed by atoms with Crippen molar-refractivity contribution in [2.45, 2.75) is 19.8 Å². The van der Waals surface area contributed by atoms with E-state index in [1.165, 1.54) is 25.1 Å². The second-order valence-electron chi connectivity index (χ2n) is 4.10. The molecule has 1 heterocycles. The second kappa shape index (κ2) is 5.03. The summed E-state index contributed by atoms with van der Waals surface area (Å²) in [6.45, 7) is 2.67. The topological polar surface area (TPSA) is 74.4 Å². The summed E-state index contributed by atoms with van der Waals surface area (Å²) in [6.07, 6.45) is 3.85. The van der Waals surface area contributed by atoms with Crippen LogP contribution in [-0.2, 0) is 4.74 Å². The number of hydrogen-bond acceptors (Lipinski definition) is 5. The highest BCUT2D eigenvalue weighted by Gasteiger charge is 2.24. The maximum absolute atomic E-state index is 11.7. The SMILES string of the molecule is CCOC(=O)c1cc(N)cnc1OCC1CC1. The number of aromatic nitrogens is 1. The van der Waals surface area contributed by atoms with Gasteiger partial charge in [-0.3, -0.25) is 0 Å². The molecule has 1 aliphatic carbocycles. The quantitative estimate of drug-likeness (QED) is 0.786. The first kappa shape index (κ1) is 11.7. The van der Waals surface area contributed by atoms with Crippen molar-refractivity contribution in [3.63, 3.8) is 0 Å². The molecule has 17 heavy (non-hydrogen) atoms. The molecule has 0 spiro atoms. The van der Waals surface area contributed by atoms with Gasteiger partial charge in [-0.2, -0.15) is 0 Å². The third-order valence-corrected chi connectivity index (χ3v) is 2.52. The van der Waals surface area contributed by atoms with Gasteiger partial charge in [0.25, 0.3) is 0 Å². The molecule has 0 atom stereocenters. The number of nitrogens with zero attached hydrogens (tertiary/aromatic N) is 1. The van der Waals surface area contributed by atoms with Crippen molar-refractivity contribution in [2.75, 3.05) is 18.9 Å². The molecule has 0 radical (unpaired) electrons. The molecule has 2 N–H and O–H groups in total. The highest BCUT2D eigenvalue weighted by molar-refractivity contribution is 5.92. The van der Waals surface area contributed by atoms with Crippen LogP contribution in [0.5, 0.6) is 5.88 Å². The molecule has 0 aliphatic heterocycles. The minimum absolute atomic E-state index is 0.299. The van der Waals surface area contributed by atoms with E-state index in [0.717, 1.165) is 0 Å². The van der Waals surface area contributed by atoms with Gasteiger partial charge in [0.1, 0.15) is 5.56 Å². The van der Waals surface area contributed by atoms with Gasteiger partial charge in [-0.15, -0.1) is 0 Å². The number of carbonyl (C=O) groups excluding carboxylic acids is 1. The van der Waals surface area contributed by atoms with Crippen molar-refractivity contribution < 1.29 is 14.3 Å². The zero-order chi connectivity index (χ0) is 12.3. The molecule has 5 heteroatoms. The maximum atomic E-state index is 11.7. The maximum Gasteiger partial charge on any atom is 0.343 e. The fourth-order valence-corrected chi connectivity index (χ4v) is 1.42. The summed E-state index contributed by atoms with van der Waals surface area (Å²) in [6, 6.07) is 1.53. The lowest BCUT2D eigenvalue weighted by molar-refractivity contribution is 0.0520. The van der Waals surface area contributed by atoms with E-state index in [2.05, 4.69) is 4.98 Å². The molecule has 1 saturated carbocycles. The lowest BCUT2D eigenvalue weighted by Crippen LogP contribution is -2.11. The third kappa shape index (κ3) is 3.09. The Kier molecular flexibility index (Phi) is 3.46. The largest absolute Gasteiger partial charge is 0.477 e. The van der Waals surface area contributed by atoms with E-state index < -0.39 is 5.97 Å².